The number of ether oxygens (including phenoxy) is 1. The molecule has 0 amide bonds. The molecule has 0 radical (unpaired) electrons. The van der Waals surface area contributed by atoms with E-state index < -0.39 is 0 Å². The second kappa shape index (κ2) is 8.77. The SMILES string of the molecule is CCOCCCC(NC)C1=CCCCCC1. The first-order valence-electron chi connectivity index (χ1n) is 6.82. The van der Waals surface area contributed by atoms with E-state index in [-0.39, 0.29) is 0 Å². The molecule has 1 atom stereocenters. The van der Waals surface area contributed by atoms with E-state index in [1.54, 1.807) is 5.57 Å². The molecule has 0 aromatic heterocycles. The van der Waals surface area contributed by atoms with Gasteiger partial charge in [0.2, 0.25) is 0 Å². The second-order valence-corrected chi connectivity index (χ2v) is 4.56. The summed E-state index contributed by atoms with van der Waals surface area (Å²) < 4.78 is 5.39. The monoisotopic (exact) mass is 225 g/mol. The summed E-state index contributed by atoms with van der Waals surface area (Å²) in [6, 6.07) is 0.582. The van der Waals surface area contributed by atoms with E-state index in [1.165, 1.54) is 38.5 Å². The molecule has 0 bridgehead atoms. The third-order valence-corrected chi connectivity index (χ3v) is 3.36. The zero-order valence-electron chi connectivity index (χ0n) is 10.9. The Labute approximate surface area is 100 Å². The second-order valence-electron chi connectivity index (χ2n) is 4.56. The van der Waals surface area contributed by atoms with E-state index in [4.69, 9.17) is 4.74 Å². The van der Waals surface area contributed by atoms with Crippen LogP contribution in [-0.2, 0) is 4.74 Å². The van der Waals surface area contributed by atoms with Crippen molar-refractivity contribution in [3.63, 3.8) is 0 Å². The molecule has 0 aliphatic heterocycles. The van der Waals surface area contributed by atoms with Gasteiger partial charge in [-0.05, 0) is 52.5 Å². The van der Waals surface area contributed by atoms with Gasteiger partial charge in [-0.25, -0.2) is 0 Å². The van der Waals surface area contributed by atoms with Gasteiger partial charge in [0.1, 0.15) is 0 Å². The number of allylic oxidation sites excluding steroid dienone is 1. The molecule has 0 spiro atoms. The number of likely N-dealkylation sites (N-methyl/N-ethyl adjacent to an activating group) is 1. The summed E-state index contributed by atoms with van der Waals surface area (Å²) in [5.74, 6) is 0. The highest BCUT2D eigenvalue weighted by Crippen LogP contribution is 2.21. The molecule has 0 heterocycles. The molecule has 94 valence electrons. The Hall–Kier alpha value is -0.340. The maximum Gasteiger partial charge on any atom is 0.0466 e. The molecular weight excluding hydrogens is 198 g/mol. The van der Waals surface area contributed by atoms with Gasteiger partial charge in [-0.2, -0.15) is 0 Å². The third kappa shape index (κ3) is 5.13. The first kappa shape index (κ1) is 13.7. The minimum Gasteiger partial charge on any atom is -0.382 e. The van der Waals surface area contributed by atoms with Crippen LogP contribution in [0.1, 0.15) is 51.9 Å². The lowest BCUT2D eigenvalue weighted by Gasteiger charge is -2.19. The van der Waals surface area contributed by atoms with E-state index in [9.17, 15) is 0 Å². The Kier molecular flexibility index (Phi) is 7.52. The molecule has 0 saturated carbocycles. The summed E-state index contributed by atoms with van der Waals surface area (Å²) in [5.41, 5.74) is 1.64. The van der Waals surface area contributed by atoms with Gasteiger partial charge in [-0.1, -0.05) is 18.1 Å². The quantitative estimate of drug-likeness (QED) is 0.530. The standard InChI is InChI=1S/C14H27NO/c1-3-16-12-8-11-14(15-2)13-9-6-4-5-7-10-13/h9,14-15H,3-8,10-12H2,1-2H3. The number of hydrogen-bond donors (Lipinski definition) is 1. The van der Waals surface area contributed by atoms with Crippen LogP contribution < -0.4 is 5.32 Å². The molecule has 1 aliphatic carbocycles. The molecule has 0 fully saturated rings. The predicted octanol–water partition coefficient (Wildman–Crippen LogP) is 3.28. The van der Waals surface area contributed by atoms with E-state index in [0.717, 1.165) is 19.6 Å². The summed E-state index contributed by atoms with van der Waals surface area (Å²) in [6.45, 7) is 3.80. The maximum absolute atomic E-state index is 5.39. The average molecular weight is 225 g/mol. The van der Waals surface area contributed by atoms with E-state index >= 15 is 0 Å². The maximum atomic E-state index is 5.39. The van der Waals surface area contributed by atoms with E-state index in [0.29, 0.717) is 6.04 Å². The minimum absolute atomic E-state index is 0.582. The fourth-order valence-electron chi connectivity index (χ4n) is 2.41. The van der Waals surface area contributed by atoms with Crippen molar-refractivity contribution < 1.29 is 4.74 Å². The van der Waals surface area contributed by atoms with Gasteiger partial charge in [-0.15, -0.1) is 0 Å². The zero-order valence-corrected chi connectivity index (χ0v) is 10.9. The highest BCUT2D eigenvalue weighted by molar-refractivity contribution is 5.11. The van der Waals surface area contributed by atoms with Gasteiger partial charge in [0.15, 0.2) is 0 Å². The van der Waals surface area contributed by atoms with Crippen molar-refractivity contribution in [1.29, 1.82) is 0 Å². The van der Waals surface area contributed by atoms with Gasteiger partial charge in [0, 0.05) is 19.3 Å². The van der Waals surface area contributed by atoms with Crippen LogP contribution in [0.5, 0.6) is 0 Å². The molecule has 1 rings (SSSR count). The van der Waals surface area contributed by atoms with Crippen molar-refractivity contribution in [1.82, 2.24) is 5.32 Å². The summed E-state index contributed by atoms with van der Waals surface area (Å²) >= 11 is 0. The Morgan fingerprint density at radius 1 is 1.38 bits per heavy atom. The summed E-state index contributed by atoms with van der Waals surface area (Å²) in [7, 11) is 2.08. The Morgan fingerprint density at radius 2 is 2.25 bits per heavy atom. The topological polar surface area (TPSA) is 21.3 Å². The van der Waals surface area contributed by atoms with Crippen LogP contribution in [0.3, 0.4) is 0 Å². The van der Waals surface area contributed by atoms with Crippen LogP contribution in [0.25, 0.3) is 0 Å². The molecule has 1 unspecified atom stereocenters. The zero-order chi connectivity index (χ0) is 11.6. The van der Waals surface area contributed by atoms with Crippen LogP contribution >= 0.6 is 0 Å². The summed E-state index contributed by atoms with van der Waals surface area (Å²) in [4.78, 5) is 0. The summed E-state index contributed by atoms with van der Waals surface area (Å²) in [5, 5.41) is 3.45. The molecule has 0 aromatic carbocycles. The minimum atomic E-state index is 0.582. The molecule has 1 aliphatic rings. The summed E-state index contributed by atoms with van der Waals surface area (Å²) in [6.07, 6.45) is 11.6. The lowest BCUT2D eigenvalue weighted by Crippen LogP contribution is -2.27. The number of hydrogen-bond acceptors (Lipinski definition) is 2. The Bertz CT molecular complexity index is 201. The largest absolute Gasteiger partial charge is 0.382 e. The van der Waals surface area contributed by atoms with Crippen LogP contribution in [0.2, 0.25) is 0 Å². The molecule has 2 heteroatoms. The molecular formula is C14H27NO. The molecule has 16 heavy (non-hydrogen) atoms. The van der Waals surface area contributed by atoms with Crippen LogP contribution in [0.15, 0.2) is 11.6 Å². The highest BCUT2D eigenvalue weighted by Gasteiger charge is 2.13. The van der Waals surface area contributed by atoms with Gasteiger partial charge in [0.05, 0.1) is 0 Å². The first-order valence-corrected chi connectivity index (χ1v) is 6.82. The fourth-order valence-corrected chi connectivity index (χ4v) is 2.41. The Balaban J connectivity index is 2.30. The number of rotatable bonds is 7. The average Bonchev–Trinajstić information content (AvgIpc) is 2.58. The smallest absolute Gasteiger partial charge is 0.0466 e. The first-order chi connectivity index (χ1) is 7.88. The Morgan fingerprint density at radius 3 is 3.00 bits per heavy atom. The van der Waals surface area contributed by atoms with Gasteiger partial charge < -0.3 is 10.1 Å². The molecule has 0 saturated heterocycles. The fraction of sp³-hybridized carbons (Fsp3) is 0.857. The van der Waals surface area contributed by atoms with Crippen molar-refractivity contribution in [2.75, 3.05) is 20.3 Å². The normalized spacial score (nSPS) is 19.0. The van der Waals surface area contributed by atoms with E-state index in [2.05, 4.69) is 25.4 Å². The molecule has 2 nitrogen and oxygen atoms in total. The third-order valence-electron chi connectivity index (χ3n) is 3.36. The van der Waals surface area contributed by atoms with Crippen molar-refractivity contribution in [2.24, 2.45) is 0 Å². The predicted molar refractivity (Wildman–Crippen MR) is 69.7 cm³/mol. The van der Waals surface area contributed by atoms with Crippen molar-refractivity contribution in [3.05, 3.63) is 11.6 Å². The van der Waals surface area contributed by atoms with Crippen molar-refractivity contribution in [3.8, 4) is 0 Å². The van der Waals surface area contributed by atoms with Gasteiger partial charge >= 0.3 is 0 Å². The lowest BCUT2D eigenvalue weighted by molar-refractivity contribution is 0.142. The van der Waals surface area contributed by atoms with Crippen LogP contribution in [-0.4, -0.2) is 26.3 Å². The van der Waals surface area contributed by atoms with Crippen LogP contribution in [0, 0.1) is 0 Å². The lowest BCUT2D eigenvalue weighted by atomic mass is 9.98. The van der Waals surface area contributed by atoms with E-state index in [1.807, 2.05) is 0 Å². The highest BCUT2D eigenvalue weighted by atomic mass is 16.5. The van der Waals surface area contributed by atoms with Crippen molar-refractivity contribution >= 4 is 0 Å². The van der Waals surface area contributed by atoms with Crippen molar-refractivity contribution in [2.45, 2.75) is 57.9 Å². The molecule has 0 aromatic rings. The van der Waals surface area contributed by atoms with Gasteiger partial charge in [0.25, 0.3) is 0 Å². The molecule has 1 N–H and O–H groups in total. The van der Waals surface area contributed by atoms with Crippen LogP contribution in [0.4, 0.5) is 0 Å². The number of nitrogens with one attached hydrogen (secondary N) is 1. The van der Waals surface area contributed by atoms with Gasteiger partial charge in [-0.3, -0.25) is 0 Å².